The van der Waals surface area contributed by atoms with Gasteiger partial charge in [-0.15, -0.1) is 0 Å². The maximum atomic E-state index is 13.6. The van der Waals surface area contributed by atoms with Crippen LogP contribution < -0.4 is 5.84 Å². The minimum atomic E-state index is -4.40. The van der Waals surface area contributed by atoms with Crippen LogP contribution in [0, 0.1) is 17.5 Å². The molecule has 1 saturated heterocycles. The molecule has 34 heavy (non-hydrogen) atoms. The Hall–Kier alpha value is -2.43. The average Bonchev–Trinajstić information content (AvgIpc) is 2.79. The molecule has 1 fully saturated rings. The zero-order valence-electron chi connectivity index (χ0n) is 17.0. The lowest BCUT2D eigenvalue weighted by Gasteiger charge is -2.40. The lowest BCUT2D eigenvalue weighted by molar-refractivity contribution is -0.161. The van der Waals surface area contributed by atoms with Gasteiger partial charge in [0.25, 0.3) is 0 Å². The molecule has 184 valence electrons. The summed E-state index contributed by atoms with van der Waals surface area (Å²) in [7, 11) is -4.40. The Balaban J connectivity index is 1.97. The fraction of sp³-hybridized carbons (Fsp3) is 0.316. The van der Waals surface area contributed by atoms with E-state index in [1.807, 2.05) is 0 Å². The quantitative estimate of drug-likeness (QED) is 0.167. The number of benzene rings is 1. The average molecular weight is 567 g/mol. The maximum Gasteiger partial charge on any atom is 0.209 e. The van der Waals surface area contributed by atoms with Crippen molar-refractivity contribution in [1.29, 1.82) is 0 Å². The second-order valence-electron chi connectivity index (χ2n) is 7.13. The number of aliphatic hydroxyl groups excluding tert-OH is 3. The van der Waals surface area contributed by atoms with Crippen LogP contribution >= 0.6 is 15.9 Å². The number of hydrogen-bond donors (Lipinski definition) is 4. The fourth-order valence-corrected chi connectivity index (χ4v) is 5.33. The zero-order chi connectivity index (χ0) is 25.2. The van der Waals surface area contributed by atoms with Gasteiger partial charge in [-0.1, -0.05) is 0 Å². The van der Waals surface area contributed by atoms with Gasteiger partial charge in [0.05, 0.1) is 11.5 Å². The normalized spacial score (nSPS) is 26.2. The molecule has 2 heterocycles. The van der Waals surface area contributed by atoms with E-state index in [2.05, 4.69) is 31.0 Å². The molecular weight excluding hydrogens is 549 g/mol. The third kappa shape index (κ3) is 5.13. The molecule has 5 atom stereocenters. The molecule has 0 spiro atoms. The summed E-state index contributed by atoms with van der Waals surface area (Å²) in [5.74, 6) is 0.468. The van der Waals surface area contributed by atoms with Gasteiger partial charge in [0.2, 0.25) is 9.84 Å². The fourth-order valence-electron chi connectivity index (χ4n) is 3.22. The number of halogens is 4. The van der Waals surface area contributed by atoms with E-state index in [9.17, 15) is 36.9 Å². The Morgan fingerprint density at radius 3 is 2.38 bits per heavy atom. The van der Waals surface area contributed by atoms with E-state index >= 15 is 0 Å². The van der Waals surface area contributed by atoms with E-state index in [1.54, 1.807) is 0 Å². The van der Waals surface area contributed by atoms with Crippen molar-refractivity contribution in [1.82, 2.24) is 4.98 Å². The molecule has 0 bridgehead atoms. The predicted molar refractivity (Wildman–Crippen MR) is 116 cm³/mol. The minimum absolute atomic E-state index is 0.316. The zero-order valence-corrected chi connectivity index (χ0v) is 19.4. The van der Waals surface area contributed by atoms with Gasteiger partial charge in [0.15, 0.2) is 22.9 Å². The Kier molecular flexibility index (Phi) is 8.05. The van der Waals surface area contributed by atoms with Crippen LogP contribution in [0.15, 0.2) is 50.1 Å². The van der Waals surface area contributed by atoms with Gasteiger partial charge in [-0.05, 0) is 34.1 Å². The molecule has 0 saturated carbocycles. The van der Waals surface area contributed by atoms with Crippen molar-refractivity contribution in [2.75, 3.05) is 6.61 Å². The summed E-state index contributed by atoms with van der Waals surface area (Å²) in [5, 5.41) is 34.1. The molecule has 1 aromatic carbocycles. The van der Waals surface area contributed by atoms with Crippen LogP contribution in [-0.2, 0) is 14.6 Å². The molecule has 3 rings (SSSR count). The van der Waals surface area contributed by atoms with Crippen molar-refractivity contribution in [2.24, 2.45) is 15.9 Å². The largest absolute Gasteiger partial charge is 0.394 e. The third-order valence-corrected chi connectivity index (χ3v) is 7.27. The SMILES string of the molecule is NN=C(C=NC1C(O)[C@@H](S(=O)(=O)c2cncc(Br)c2)OC(CO)[C@@H]1O)c1cc(F)c(F)c(F)c1. The molecule has 0 amide bonds. The van der Waals surface area contributed by atoms with Crippen molar-refractivity contribution >= 4 is 37.7 Å². The highest BCUT2D eigenvalue weighted by Crippen LogP contribution is 2.31. The van der Waals surface area contributed by atoms with Gasteiger partial charge < -0.3 is 25.9 Å². The molecule has 0 aliphatic carbocycles. The first-order valence-corrected chi connectivity index (χ1v) is 11.8. The molecule has 2 aromatic rings. The first-order valence-electron chi connectivity index (χ1n) is 9.44. The monoisotopic (exact) mass is 566 g/mol. The molecule has 1 aliphatic rings. The van der Waals surface area contributed by atoms with Crippen LogP contribution in [0.1, 0.15) is 5.56 Å². The summed E-state index contributed by atoms with van der Waals surface area (Å²) in [6.07, 6.45) is -1.95. The number of aromatic nitrogens is 1. The highest BCUT2D eigenvalue weighted by molar-refractivity contribution is 9.10. The number of sulfone groups is 1. The van der Waals surface area contributed by atoms with E-state index in [-0.39, 0.29) is 16.2 Å². The first-order chi connectivity index (χ1) is 16.0. The highest BCUT2D eigenvalue weighted by atomic mass is 79.9. The van der Waals surface area contributed by atoms with E-state index in [4.69, 9.17) is 10.6 Å². The van der Waals surface area contributed by atoms with Gasteiger partial charge in [-0.3, -0.25) is 9.98 Å². The topological polar surface area (TPSA) is 168 Å². The summed E-state index contributed by atoms with van der Waals surface area (Å²) in [5.41, 5.74) is -2.66. The van der Waals surface area contributed by atoms with E-state index in [1.165, 1.54) is 12.3 Å². The number of ether oxygens (including phenoxy) is 1. The Morgan fingerprint density at radius 2 is 1.82 bits per heavy atom. The number of rotatable bonds is 6. The highest BCUT2D eigenvalue weighted by Gasteiger charge is 2.50. The third-order valence-electron chi connectivity index (χ3n) is 4.95. The molecular formula is C19H18BrF3N4O6S. The summed E-state index contributed by atoms with van der Waals surface area (Å²) in [6, 6.07) is 0.804. The van der Waals surface area contributed by atoms with Crippen LogP contribution in [-0.4, -0.2) is 77.0 Å². The van der Waals surface area contributed by atoms with Gasteiger partial charge >= 0.3 is 0 Å². The van der Waals surface area contributed by atoms with Crippen LogP contribution in [0.3, 0.4) is 0 Å². The number of pyridine rings is 1. The lowest BCUT2D eigenvalue weighted by atomic mass is 9.98. The lowest BCUT2D eigenvalue weighted by Crippen LogP contribution is -2.59. The van der Waals surface area contributed by atoms with Crippen molar-refractivity contribution in [3.63, 3.8) is 0 Å². The van der Waals surface area contributed by atoms with Crippen LogP contribution in [0.25, 0.3) is 0 Å². The second kappa shape index (κ2) is 10.5. The van der Waals surface area contributed by atoms with Gasteiger partial charge in [0, 0.05) is 28.6 Å². The van der Waals surface area contributed by atoms with Crippen LogP contribution in [0.4, 0.5) is 13.2 Å². The standard InChI is InChI=1S/C19H18BrF3N4O6S/c20-9-3-10(5-25-4-9)34(31,32)19-18(30)16(17(29)14(7-28)33-19)26-6-13(27-24)8-1-11(21)15(23)12(22)2-8/h1-6,14,16-19,28-30H,7,24H2/t14?,16?,17-,18?,19+/m0/s1. The molecule has 5 N–H and O–H groups in total. The molecule has 1 aromatic heterocycles. The van der Waals surface area contributed by atoms with Crippen LogP contribution in [0.2, 0.25) is 0 Å². The number of aliphatic hydroxyl groups is 3. The summed E-state index contributed by atoms with van der Waals surface area (Å²) < 4.78 is 72.1. The van der Waals surface area contributed by atoms with E-state index in [0.717, 1.165) is 12.4 Å². The summed E-state index contributed by atoms with van der Waals surface area (Å²) in [4.78, 5) is 7.34. The summed E-state index contributed by atoms with van der Waals surface area (Å²) >= 11 is 3.09. The maximum absolute atomic E-state index is 13.6. The number of aliphatic imine (C=N–C) groups is 1. The van der Waals surface area contributed by atoms with Gasteiger partial charge in [-0.2, -0.15) is 5.10 Å². The first kappa shape index (κ1) is 26.2. The predicted octanol–water partition coefficient (Wildman–Crippen LogP) is 0.277. The van der Waals surface area contributed by atoms with Crippen molar-refractivity contribution < 1.29 is 41.6 Å². The van der Waals surface area contributed by atoms with Crippen LogP contribution in [0.5, 0.6) is 0 Å². The number of hydrogen-bond acceptors (Lipinski definition) is 10. The Bertz CT molecular complexity index is 1210. The van der Waals surface area contributed by atoms with Crippen molar-refractivity contribution in [3.8, 4) is 0 Å². The number of hydrazone groups is 1. The second-order valence-corrected chi connectivity index (χ2v) is 10.1. The Labute approximate surface area is 199 Å². The van der Waals surface area contributed by atoms with Crippen molar-refractivity contribution in [3.05, 3.63) is 58.1 Å². The number of nitrogens with two attached hydrogens (primary N) is 1. The molecule has 0 radical (unpaired) electrons. The smallest absolute Gasteiger partial charge is 0.209 e. The van der Waals surface area contributed by atoms with E-state index in [0.29, 0.717) is 16.6 Å². The molecule has 15 heteroatoms. The molecule has 10 nitrogen and oxygen atoms in total. The molecule has 3 unspecified atom stereocenters. The Morgan fingerprint density at radius 1 is 1.18 bits per heavy atom. The van der Waals surface area contributed by atoms with Gasteiger partial charge in [-0.25, -0.2) is 21.6 Å². The summed E-state index contributed by atoms with van der Waals surface area (Å²) in [6.45, 7) is -0.825. The minimum Gasteiger partial charge on any atom is -0.394 e. The van der Waals surface area contributed by atoms with Crippen molar-refractivity contribution in [2.45, 2.75) is 34.7 Å². The van der Waals surface area contributed by atoms with E-state index < -0.39 is 63.7 Å². The number of nitrogens with zero attached hydrogens (tertiary/aromatic N) is 3. The van der Waals surface area contributed by atoms with Gasteiger partial charge in [0.1, 0.15) is 30.1 Å². The molecule has 1 aliphatic heterocycles.